The molecule has 3 heterocycles. The fraction of sp³-hybridized carbons (Fsp3) is 0.200. The van der Waals surface area contributed by atoms with Gasteiger partial charge in [-0.2, -0.15) is 17.2 Å². The van der Waals surface area contributed by atoms with Crippen molar-refractivity contribution in [3.05, 3.63) is 132 Å². The van der Waals surface area contributed by atoms with Gasteiger partial charge < -0.3 is 9.30 Å². The van der Waals surface area contributed by atoms with E-state index in [9.17, 15) is 0 Å². The van der Waals surface area contributed by atoms with Gasteiger partial charge in [-0.25, -0.2) is 4.98 Å². The topological polar surface area (TPSA) is 44.9 Å². The number of ether oxygens (including phenoxy) is 1. The number of pyridine rings is 1. The zero-order chi connectivity index (χ0) is 31.1. The Bertz CT molecular complexity index is 2170. The van der Waals surface area contributed by atoms with Crippen LogP contribution in [0.15, 0.2) is 97.5 Å². The molecule has 7 aromatic rings. The van der Waals surface area contributed by atoms with Crippen LogP contribution < -0.4 is 4.74 Å². The Labute approximate surface area is 285 Å². The number of aryl methyl sites for hydroxylation is 3. The number of rotatable bonds is 8. The van der Waals surface area contributed by atoms with Gasteiger partial charge >= 0.3 is 21.1 Å². The fourth-order valence-corrected chi connectivity index (χ4v) is 6.32. The maximum absolute atomic E-state index is 6.37. The Balaban J connectivity index is 0.00000372. The van der Waals surface area contributed by atoms with Gasteiger partial charge in [-0.15, -0.1) is 35.7 Å². The summed E-state index contributed by atoms with van der Waals surface area (Å²) in [5, 5.41) is 6.99. The van der Waals surface area contributed by atoms with Crippen LogP contribution in [0, 0.1) is 26.0 Å². The third kappa shape index (κ3) is 5.92. The molecule has 0 aliphatic heterocycles. The van der Waals surface area contributed by atoms with Crippen molar-refractivity contribution in [2.24, 2.45) is 0 Å². The van der Waals surface area contributed by atoms with Crippen LogP contribution in [-0.2, 0) is 27.5 Å². The molecule has 6 heteroatoms. The van der Waals surface area contributed by atoms with Crippen molar-refractivity contribution in [1.82, 2.24) is 19.3 Å². The van der Waals surface area contributed by atoms with Gasteiger partial charge in [0, 0.05) is 35.0 Å². The van der Waals surface area contributed by atoms with Crippen molar-refractivity contribution in [2.45, 2.75) is 53.4 Å². The summed E-state index contributed by atoms with van der Waals surface area (Å²) in [5.74, 6) is 2.47. The number of nitrogens with zero attached hydrogens (tertiary/aromatic N) is 4. The standard InChI is InChI=1S/C40H36N4O.Pt/c1-6-10-29-20-28(5)40(36(21-29)26(2)3)30-24-42-43(25-30)31-11-9-12-32(22-31)45-33-15-16-35-34-13-7-8-14-37(34)44(38(35)23-33)39-19-27(4)17-18-41-39;/h7-9,11-21,24-26H,6,10H2,1-5H3;/q-2;+2. The third-order valence-electron chi connectivity index (χ3n) is 8.36. The summed E-state index contributed by atoms with van der Waals surface area (Å²) in [6, 6.07) is 34.1. The summed E-state index contributed by atoms with van der Waals surface area (Å²) in [6.45, 7) is 11.0. The molecule has 0 aliphatic rings. The summed E-state index contributed by atoms with van der Waals surface area (Å²) in [7, 11) is 0. The van der Waals surface area contributed by atoms with Crippen molar-refractivity contribution < 1.29 is 25.8 Å². The monoisotopic (exact) mass is 783 g/mol. The van der Waals surface area contributed by atoms with Crippen LogP contribution in [0.5, 0.6) is 11.5 Å². The normalized spacial score (nSPS) is 11.3. The van der Waals surface area contributed by atoms with Crippen molar-refractivity contribution in [1.29, 1.82) is 0 Å². The summed E-state index contributed by atoms with van der Waals surface area (Å²) in [6.07, 6.45) is 8.13. The van der Waals surface area contributed by atoms with E-state index >= 15 is 0 Å². The molecule has 3 aromatic heterocycles. The van der Waals surface area contributed by atoms with Gasteiger partial charge in [-0.05, 0) is 83.3 Å². The van der Waals surface area contributed by atoms with E-state index in [-0.39, 0.29) is 21.1 Å². The molecule has 0 fully saturated rings. The first-order valence-electron chi connectivity index (χ1n) is 15.7. The molecule has 0 bridgehead atoms. The first-order chi connectivity index (χ1) is 21.9. The van der Waals surface area contributed by atoms with Crippen molar-refractivity contribution in [3.63, 3.8) is 0 Å². The smallest absolute Gasteiger partial charge is 0.509 e. The largest absolute Gasteiger partial charge is 2.00 e. The Morgan fingerprint density at radius 2 is 1.70 bits per heavy atom. The molecular formula is C40H36N4OPt. The second kappa shape index (κ2) is 13.1. The van der Waals surface area contributed by atoms with Gasteiger partial charge in [-0.3, -0.25) is 4.68 Å². The molecule has 0 N–H and O–H groups in total. The van der Waals surface area contributed by atoms with Crippen molar-refractivity contribution >= 4 is 21.8 Å². The summed E-state index contributed by atoms with van der Waals surface area (Å²) in [4.78, 5) is 4.68. The molecule has 0 saturated heterocycles. The quantitative estimate of drug-likeness (QED) is 0.144. The second-order valence-electron chi connectivity index (χ2n) is 12.1. The molecule has 0 atom stereocenters. The summed E-state index contributed by atoms with van der Waals surface area (Å²) in [5.41, 5.74) is 10.4. The van der Waals surface area contributed by atoms with Crippen LogP contribution in [0.3, 0.4) is 0 Å². The van der Waals surface area contributed by atoms with E-state index in [0.717, 1.165) is 57.3 Å². The Hall–Kier alpha value is -4.47. The molecule has 7 rings (SSSR count). The van der Waals surface area contributed by atoms with Gasteiger partial charge in [0.25, 0.3) is 0 Å². The number of aromatic nitrogens is 4. The molecule has 0 amide bonds. The molecule has 5 nitrogen and oxygen atoms in total. The van der Waals surface area contributed by atoms with E-state index in [0.29, 0.717) is 17.4 Å². The average Bonchev–Trinajstić information content (AvgIpc) is 3.64. The number of hydrogen-bond donors (Lipinski definition) is 0. The maximum Gasteiger partial charge on any atom is 2.00 e. The van der Waals surface area contributed by atoms with Crippen LogP contribution in [0.25, 0.3) is 44.4 Å². The number of hydrogen-bond acceptors (Lipinski definition) is 3. The molecule has 0 aliphatic carbocycles. The van der Waals surface area contributed by atoms with Gasteiger partial charge in [0.2, 0.25) is 0 Å². The molecule has 46 heavy (non-hydrogen) atoms. The van der Waals surface area contributed by atoms with Gasteiger partial charge in [0.1, 0.15) is 5.82 Å². The minimum atomic E-state index is 0. The maximum atomic E-state index is 6.37. The number of para-hydroxylation sites is 1. The van der Waals surface area contributed by atoms with Crippen LogP contribution in [0.4, 0.5) is 0 Å². The molecule has 4 aromatic carbocycles. The summed E-state index contributed by atoms with van der Waals surface area (Å²) < 4.78 is 10.4. The van der Waals surface area contributed by atoms with E-state index in [1.165, 1.54) is 22.3 Å². The Morgan fingerprint density at radius 1 is 0.870 bits per heavy atom. The molecule has 232 valence electrons. The minimum absolute atomic E-state index is 0. The predicted octanol–water partition coefficient (Wildman–Crippen LogP) is 10.1. The first-order valence-corrected chi connectivity index (χ1v) is 15.7. The predicted molar refractivity (Wildman–Crippen MR) is 183 cm³/mol. The molecule has 0 spiro atoms. The van der Waals surface area contributed by atoms with E-state index in [4.69, 9.17) is 9.84 Å². The van der Waals surface area contributed by atoms with Crippen LogP contribution in [0.1, 0.15) is 55.4 Å². The number of fused-ring (bicyclic) bond motifs is 3. The van der Waals surface area contributed by atoms with Crippen molar-refractivity contribution in [2.75, 3.05) is 0 Å². The molecular weight excluding hydrogens is 748 g/mol. The first kappa shape index (κ1) is 31.5. The molecule has 0 radical (unpaired) electrons. The van der Waals surface area contributed by atoms with Gasteiger partial charge in [0.05, 0.1) is 6.20 Å². The Kier molecular flexibility index (Phi) is 8.97. The van der Waals surface area contributed by atoms with Crippen LogP contribution in [0.2, 0.25) is 0 Å². The van der Waals surface area contributed by atoms with Crippen LogP contribution >= 0.6 is 0 Å². The zero-order valence-corrected chi connectivity index (χ0v) is 29.0. The molecule has 0 saturated carbocycles. The minimum Gasteiger partial charge on any atom is -0.509 e. The van der Waals surface area contributed by atoms with E-state index in [1.54, 1.807) is 0 Å². The Morgan fingerprint density at radius 3 is 2.50 bits per heavy atom. The average molecular weight is 784 g/mol. The number of benzene rings is 4. The fourth-order valence-electron chi connectivity index (χ4n) is 6.32. The SMILES string of the molecule is CCCc1cc(C)c(-c2cnn(-c3[c-]c(Oc4[c-]c5c(cc4)c4ccccc4n5-c4cc(C)ccn4)ccc3)c2)c(C(C)C)c1.[Pt+2]. The van der Waals surface area contributed by atoms with Gasteiger partial charge in [-0.1, -0.05) is 63.0 Å². The third-order valence-corrected chi connectivity index (χ3v) is 8.36. The van der Waals surface area contributed by atoms with E-state index in [1.807, 2.05) is 47.4 Å². The van der Waals surface area contributed by atoms with Crippen LogP contribution in [-0.4, -0.2) is 19.3 Å². The zero-order valence-electron chi connectivity index (χ0n) is 26.7. The van der Waals surface area contributed by atoms with E-state index in [2.05, 4.69) is 111 Å². The van der Waals surface area contributed by atoms with Gasteiger partial charge in [0.15, 0.2) is 0 Å². The van der Waals surface area contributed by atoms with E-state index < -0.39 is 0 Å². The second-order valence-corrected chi connectivity index (χ2v) is 12.1. The molecule has 0 unspecified atom stereocenters. The summed E-state index contributed by atoms with van der Waals surface area (Å²) >= 11 is 0. The van der Waals surface area contributed by atoms with Crippen molar-refractivity contribution in [3.8, 4) is 34.1 Å².